The largest absolute Gasteiger partial charge is 0.454 e. The smallest absolute Gasteiger partial charge is 0.231 e. The molecular formula is C19H13Cl2N5O2. The van der Waals surface area contributed by atoms with E-state index in [9.17, 15) is 0 Å². The summed E-state index contributed by atoms with van der Waals surface area (Å²) >= 11 is 12.3. The molecule has 0 saturated carbocycles. The van der Waals surface area contributed by atoms with E-state index in [0.29, 0.717) is 39.4 Å². The first-order valence-corrected chi connectivity index (χ1v) is 9.23. The van der Waals surface area contributed by atoms with Crippen molar-refractivity contribution < 1.29 is 9.47 Å². The van der Waals surface area contributed by atoms with Crippen LogP contribution in [0, 0.1) is 0 Å². The molecule has 0 fully saturated rings. The summed E-state index contributed by atoms with van der Waals surface area (Å²) in [5, 5.41) is 17.4. The molecule has 1 N–H and O–H groups in total. The van der Waals surface area contributed by atoms with Crippen molar-refractivity contribution in [1.82, 2.24) is 19.8 Å². The Morgan fingerprint density at radius 2 is 1.86 bits per heavy atom. The number of benzene rings is 2. The lowest BCUT2D eigenvalue weighted by Gasteiger charge is -2.08. The van der Waals surface area contributed by atoms with E-state index >= 15 is 0 Å². The van der Waals surface area contributed by atoms with Crippen LogP contribution in [0.15, 0.2) is 48.5 Å². The molecule has 3 heterocycles. The lowest BCUT2D eigenvalue weighted by molar-refractivity contribution is 0.174. The van der Waals surface area contributed by atoms with E-state index in [-0.39, 0.29) is 6.79 Å². The van der Waals surface area contributed by atoms with E-state index in [1.807, 2.05) is 30.3 Å². The van der Waals surface area contributed by atoms with E-state index in [0.717, 1.165) is 17.1 Å². The summed E-state index contributed by atoms with van der Waals surface area (Å²) in [6, 6.07) is 14.7. The molecule has 9 heteroatoms. The molecule has 1 aliphatic rings. The number of halogens is 2. The van der Waals surface area contributed by atoms with E-state index < -0.39 is 0 Å². The van der Waals surface area contributed by atoms with E-state index in [1.165, 1.54) is 0 Å². The summed E-state index contributed by atoms with van der Waals surface area (Å²) in [6.07, 6.45) is 0.548. The third-order valence-electron chi connectivity index (χ3n) is 4.32. The van der Waals surface area contributed by atoms with Gasteiger partial charge in [0.15, 0.2) is 28.8 Å². The predicted octanol–water partition coefficient (Wildman–Crippen LogP) is 4.49. The third kappa shape index (κ3) is 3.19. The van der Waals surface area contributed by atoms with Crippen molar-refractivity contribution in [3.05, 3.63) is 70.0 Å². The quantitative estimate of drug-likeness (QED) is 0.530. The molecule has 140 valence electrons. The zero-order chi connectivity index (χ0) is 19.1. The fraction of sp³-hybridized carbons (Fsp3) is 0.105. The van der Waals surface area contributed by atoms with Gasteiger partial charge in [0.05, 0.1) is 10.7 Å². The maximum atomic E-state index is 6.23. The molecular weight excluding hydrogens is 401 g/mol. The van der Waals surface area contributed by atoms with Gasteiger partial charge < -0.3 is 14.8 Å². The topological polar surface area (TPSA) is 73.6 Å². The highest BCUT2D eigenvalue weighted by atomic mass is 35.5. The molecule has 0 atom stereocenters. The van der Waals surface area contributed by atoms with Crippen molar-refractivity contribution in [2.24, 2.45) is 0 Å². The Morgan fingerprint density at radius 3 is 2.79 bits per heavy atom. The lowest BCUT2D eigenvalue weighted by atomic mass is 10.1. The van der Waals surface area contributed by atoms with Crippen LogP contribution in [-0.2, 0) is 6.42 Å². The minimum atomic E-state index is 0.245. The average Bonchev–Trinajstić information content (AvgIpc) is 3.31. The first-order chi connectivity index (χ1) is 13.7. The van der Waals surface area contributed by atoms with Crippen LogP contribution in [0.1, 0.15) is 11.4 Å². The van der Waals surface area contributed by atoms with Gasteiger partial charge in [0.1, 0.15) is 0 Å². The Kier molecular flexibility index (Phi) is 4.18. The molecule has 28 heavy (non-hydrogen) atoms. The van der Waals surface area contributed by atoms with Gasteiger partial charge in [-0.3, -0.25) is 0 Å². The molecule has 0 unspecified atom stereocenters. The Bertz CT molecular complexity index is 1190. The molecule has 0 spiro atoms. The molecule has 0 bridgehead atoms. The number of nitrogens with zero attached hydrogens (tertiary/aromatic N) is 4. The van der Waals surface area contributed by atoms with Crippen LogP contribution in [0.2, 0.25) is 10.0 Å². The van der Waals surface area contributed by atoms with E-state index in [1.54, 1.807) is 22.7 Å². The highest BCUT2D eigenvalue weighted by molar-refractivity contribution is 6.35. The van der Waals surface area contributed by atoms with Gasteiger partial charge in [-0.25, -0.2) is 0 Å². The molecule has 0 aliphatic carbocycles. The number of ether oxygens (including phenoxy) is 2. The summed E-state index contributed by atoms with van der Waals surface area (Å²) in [6.45, 7) is 0.245. The first-order valence-electron chi connectivity index (χ1n) is 8.48. The highest BCUT2D eigenvalue weighted by Gasteiger charge is 2.15. The highest BCUT2D eigenvalue weighted by Crippen LogP contribution is 2.33. The van der Waals surface area contributed by atoms with Crippen LogP contribution >= 0.6 is 23.2 Å². The fourth-order valence-corrected chi connectivity index (χ4v) is 3.31. The van der Waals surface area contributed by atoms with Crippen molar-refractivity contribution in [3.63, 3.8) is 0 Å². The van der Waals surface area contributed by atoms with Crippen molar-refractivity contribution in [2.45, 2.75) is 6.42 Å². The third-order valence-corrected chi connectivity index (χ3v) is 4.88. The maximum Gasteiger partial charge on any atom is 0.231 e. The van der Waals surface area contributed by atoms with E-state index in [4.69, 9.17) is 32.7 Å². The molecule has 2 aromatic heterocycles. The summed E-state index contributed by atoms with van der Waals surface area (Å²) in [4.78, 5) is 0. The van der Waals surface area contributed by atoms with Gasteiger partial charge in [-0.1, -0.05) is 29.3 Å². The van der Waals surface area contributed by atoms with Crippen molar-refractivity contribution in [2.75, 3.05) is 12.1 Å². The van der Waals surface area contributed by atoms with Crippen LogP contribution in [0.25, 0.3) is 5.65 Å². The Labute approximate surface area is 169 Å². The zero-order valence-corrected chi connectivity index (χ0v) is 15.9. The number of rotatable bonds is 4. The Balaban J connectivity index is 1.46. The summed E-state index contributed by atoms with van der Waals surface area (Å²) < 4.78 is 12.5. The molecule has 4 aromatic rings. The summed E-state index contributed by atoms with van der Waals surface area (Å²) in [5.74, 6) is 2.79. The SMILES string of the molecule is Clc1ccc(Cl)c(Nc2ccc3nnc(Cc4ccc5c(c4)OCO5)n3n2)c1. The summed E-state index contributed by atoms with van der Waals surface area (Å²) in [5.41, 5.74) is 2.35. The second kappa shape index (κ2) is 6.85. The van der Waals surface area contributed by atoms with Gasteiger partial charge in [-0.15, -0.1) is 15.3 Å². The average molecular weight is 414 g/mol. The minimum absolute atomic E-state index is 0.245. The molecule has 0 amide bonds. The number of hydrogen-bond acceptors (Lipinski definition) is 6. The molecule has 2 aromatic carbocycles. The standard InChI is InChI=1S/C19H13Cl2N5O2/c20-12-2-3-13(21)14(9-12)22-17-5-6-18-23-24-19(26(18)25-17)8-11-1-4-15-16(7-11)28-10-27-15/h1-7,9H,8,10H2,(H,22,25). The minimum Gasteiger partial charge on any atom is -0.454 e. The summed E-state index contributed by atoms with van der Waals surface area (Å²) in [7, 11) is 0. The number of aromatic nitrogens is 4. The number of fused-ring (bicyclic) bond motifs is 2. The fourth-order valence-electron chi connectivity index (χ4n) is 2.97. The number of hydrogen-bond donors (Lipinski definition) is 1. The van der Waals surface area contributed by atoms with Crippen LogP contribution < -0.4 is 14.8 Å². The van der Waals surface area contributed by atoms with Gasteiger partial charge >= 0.3 is 0 Å². The van der Waals surface area contributed by atoms with Crippen molar-refractivity contribution in [3.8, 4) is 11.5 Å². The van der Waals surface area contributed by atoms with Gasteiger partial charge in [-0.2, -0.15) is 4.52 Å². The molecule has 7 nitrogen and oxygen atoms in total. The normalized spacial score (nSPS) is 12.5. The first kappa shape index (κ1) is 17.1. The number of anilines is 2. The number of nitrogens with one attached hydrogen (secondary N) is 1. The van der Waals surface area contributed by atoms with Crippen LogP contribution in [0.4, 0.5) is 11.5 Å². The van der Waals surface area contributed by atoms with Gasteiger partial charge in [0.2, 0.25) is 6.79 Å². The van der Waals surface area contributed by atoms with Crippen LogP contribution in [-0.4, -0.2) is 26.6 Å². The molecule has 0 radical (unpaired) electrons. The molecule has 5 rings (SSSR count). The Hall–Kier alpha value is -3.03. The van der Waals surface area contributed by atoms with E-state index in [2.05, 4.69) is 20.6 Å². The Morgan fingerprint density at radius 1 is 0.964 bits per heavy atom. The zero-order valence-electron chi connectivity index (χ0n) is 14.4. The van der Waals surface area contributed by atoms with Gasteiger partial charge in [0.25, 0.3) is 0 Å². The van der Waals surface area contributed by atoms with Gasteiger partial charge in [0, 0.05) is 11.4 Å². The van der Waals surface area contributed by atoms with Crippen molar-refractivity contribution >= 4 is 40.4 Å². The van der Waals surface area contributed by atoms with Crippen LogP contribution in [0.3, 0.4) is 0 Å². The predicted molar refractivity (Wildman–Crippen MR) is 106 cm³/mol. The van der Waals surface area contributed by atoms with Crippen molar-refractivity contribution in [1.29, 1.82) is 0 Å². The molecule has 1 aliphatic heterocycles. The second-order valence-electron chi connectivity index (χ2n) is 6.22. The lowest BCUT2D eigenvalue weighted by Crippen LogP contribution is -2.03. The monoisotopic (exact) mass is 413 g/mol. The maximum absolute atomic E-state index is 6.23. The van der Waals surface area contributed by atoms with Crippen LogP contribution in [0.5, 0.6) is 11.5 Å². The van der Waals surface area contributed by atoms with Gasteiger partial charge in [-0.05, 0) is 48.0 Å². The molecule has 0 saturated heterocycles. The second-order valence-corrected chi connectivity index (χ2v) is 7.06.